The van der Waals surface area contributed by atoms with Gasteiger partial charge in [0.05, 0.1) is 28.7 Å². The van der Waals surface area contributed by atoms with Crippen molar-refractivity contribution in [3.63, 3.8) is 0 Å². The van der Waals surface area contributed by atoms with Crippen LogP contribution in [0.15, 0.2) is 291 Å². The first-order valence-corrected chi connectivity index (χ1v) is 34.5. The number of para-hydroxylation sites is 5. The molecule has 3 N–H and O–H groups in total. The molecule has 107 heavy (non-hydrogen) atoms. The van der Waals surface area contributed by atoms with E-state index in [0.717, 1.165) is 69.8 Å². The van der Waals surface area contributed by atoms with Crippen molar-refractivity contribution < 1.29 is 86.7 Å². The Bertz CT molecular complexity index is 5340. The average molecular weight is 1800 g/mol. The topological polar surface area (TPSA) is 131 Å². The molecule has 15 aromatic rings. The van der Waals surface area contributed by atoms with Gasteiger partial charge in [0.25, 0.3) is 0 Å². The molecule has 2 atom stereocenters. The van der Waals surface area contributed by atoms with Crippen molar-refractivity contribution >= 4 is 71.2 Å². The quantitative estimate of drug-likeness (QED) is 0.0453. The van der Waals surface area contributed by atoms with Gasteiger partial charge in [0.1, 0.15) is 0 Å². The van der Waals surface area contributed by atoms with Gasteiger partial charge in [0.2, 0.25) is 0 Å². The van der Waals surface area contributed by atoms with Crippen LogP contribution in [-0.4, -0.2) is 55.9 Å². The number of allylic oxidation sites excluding steroid dienone is 3. The van der Waals surface area contributed by atoms with E-state index in [9.17, 15) is 31.1 Å². The molecule has 0 bridgehead atoms. The van der Waals surface area contributed by atoms with E-state index in [0.29, 0.717) is 17.2 Å². The van der Waals surface area contributed by atoms with Crippen molar-refractivity contribution in [3.05, 3.63) is 320 Å². The first-order valence-electron chi connectivity index (χ1n) is 34.5. The van der Waals surface area contributed by atoms with E-state index in [-0.39, 0.29) is 57.5 Å². The van der Waals surface area contributed by atoms with E-state index >= 15 is 0 Å². The molecule has 15 rings (SSSR count). The molecule has 2 radical (unpaired) electrons. The Balaban J connectivity index is 0.000000177. The number of unbranched alkanes of at least 4 members (excludes halogenated alkanes) is 1. The Morgan fingerprint density at radius 1 is 0.514 bits per heavy atom. The van der Waals surface area contributed by atoms with Gasteiger partial charge in [-0.15, -0.1) is 77.7 Å². The summed E-state index contributed by atoms with van der Waals surface area (Å²) in [6, 6.07) is 90.0. The molecule has 6 aromatic heterocycles. The largest absolute Gasteiger partial charge is 0.513 e. The zero-order valence-corrected chi connectivity index (χ0v) is 64.4. The fraction of sp³-hybridized carbons (Fsp3) is 0.169. The fourth-order valence-electron chi connectivity index (χ4n) is 12.4. The van der Waals surface area contributed by atoms with E-state index in [1.165, 1.54) is 137 Å². The Morgan fingerprint density at radius 3 is 1.57 bits per heavy atom. The molecule has 0 fully saturated rings. The number of ketones is 1. The molecule has 0 aliphatic rings. The van der Waals surface area contributed by atoms with Crippen LogP contribution in [0.3, 0.4) is 0 Å². The summed E-state index contributed by atoms with van der Waals surface area (Å²) in [7, 11) is 0. The maximum atomic E-state index is 12.8. The molecule has 0 saturated heterocycles. The van der Waals surface area contributed by atoms with Gasteiger partial charge in [0, 0.05) is 128 Å². The van der Waals surface area contributed by atoms with Gasteiger partial charge < -0.3 is 34.0 Å². The first kappa shape index (κ1) is 82.1. The third kappa shape index (κ3) is 21.4. The Morgan fingerprint density at radius 2 is 1.07 bits per heavy atom. The van der Waals surface area contributed by atoms with Crippen molar-refractivity contribution in [2.24, 2.45) is 5.92 Å². The SMILES string of the molecule is CC(=O)C=C(C)O.CC(O)=CC(C)O.CCCCC(CC)Cn1c2ccccc2c2ccc(-c3c[c-]c(-c4ccccn4)cc3)cc21.FC(F)(F)c1ccc(-c2[c-]c3c4ccccc4n(-c4ccccc4)c3cc2)nc1.FC(F)(F)c1cccnc1.[Ir].[Ir].[c-]1cccc2c1c1ccccc1n2-c1ccccc1. The molecule has 18 heteroatoms. The van der Waals surface area contributed by atoms with Crippen LogP contribution >= 0.6 is 0 Å². The van der Waals surface area contributed by atoms with Crippen molar-refractivity contribution in [1.29, 1.82) is 0 Å². The number of aromatic nitrogens is 6. The minimum absolute atomic E-state index is 0. The van der Waals surface area contributed by atoms with Gasteiger partial charge >= 0.3 is 12.4 Å². The zero-order valence-electron chi connectivity index (χ0n) is 59.6. The summed E-state index contributed by atoms with van der Waals surface area (Å²) in [5, 5.41) is 32.3. The maximum absolute atomic E-state index is 12.8. The molecule has 0 amide bonds. The summed E-state index contributed by atoms with van der Waals surface area (Å²) in [6.07, 6.45) is 3.19. The van der Waals surface area contributed by atoms with Crippen LogP contribution in [0.25, 0.3) is 110 Å². The predicted octanol–water partition coefficient (Wildman–Crippen LogP) is 23.8. The first-order chi connectivity index (χ1) is 50.6. The number of aliphatic hydroxyl groups is 3. The van der Waals surface area contributed by atoms with Crippen molar-refractivity contribution in [1.82, 2.24) is 28.7 Å². The van der Waals surface area contributed by atoms with Crippen LogP contribution < -0.4 is 0 Å². The van der Waals surface area contributed by atoms with E-state index in [4.69, 9.17) is 15.3 Å². The molecule has 0 spiro atoms. The van der Waals surface area contributed by atoms with E-state index in [1.807, 2.05) is 109 Å². The molecule has 6 heterocycles. The summed E-state index contributed by atoms with van der Waals surface area (Å²) in [5.41, 5.74) is 13.4. The Kier molecular flexibility index (Phi) is 29.6. The summed E-state index contributed by atoms with van der Waals surface area (Å²) >= 11 is 0. The normalized spacial score (nSPS) is 12.0. The van der Waals surface area contributed by atoms with E-state index in [1.54, 1.807) is 6.92 Å². The van der Waals surface area contributed by atoms with Gasteiger partial charge in [-0.1, -0.05) is 193 Å². The molecule has 2 unspecified atom stereocenters. The van der Waals surface area contributed by atoms with Crippen molar-refractivity contribution in [2.75, 3.05) is 0 Å². The monoisotopic (exact) mass is 1800 g/mol. The summed E-state index contributed by atoms with van der Waals surface area (Å²) in [6.45, 7) is 11.6. The number of hydrogen-bond donors (Lipinski definition) is 3. The molecule has 552 valence electrons. The number of benzene rings is 9. The molecular weight excluding hydrogens is 1720 g/mol. The summed E-state index contributed by atoms with van der Waals surface area (Å²) in [5.74, 6) is 0.807. The van der Waals surface area contributed by atoms with Crippen LogP contribution in [0.5, 0.6) is 0 Å². The van der Waals surface area contributed by atoms with Gasteiger partial charge in [0.15, 0.2) is 5.78 Å². The fourth-order valence-corrected chi connectivity index (χ4v) is 12.4. The molecular formula is C89H79F6Ir2N6O4-3. The average Bonchev–Trinajstić information content (AvgIpc) is 1.62. The molecule has 0 aliphatic heterocycles. The van der Waals surface area contributed by atoms with E-state index < -0.39 is 29.6 Å². The second kappa shape index (κ2) is 38.6. The van der Waals surface area contributed by atoms with E-state index in [2.05, 4.69) is 176 Å². The number of alkyl halides is 6. The standard InChI is InChI=1S/C31H31N2.C24H14F3N2.C18H12N.C6H4F3N.C5H10O2.C5H8O2.2Ir/c1-3-5-10-23(4-2)22-33-30-13-7-6-11-27(30)28-19-18-26(21-31(28)33)24-14-16-25(17-15-24)29-12-8-9-20-32-29;25-24(26,27)17-11-12-21(28-15-17)16-10-13-23-20(14-16)19-8-4-5-9-22(19)29(23)18-6-2-1-3-7-18;1-2-8-14(9-3-1)19-17-12-6-4-10-15(17)16-11-5-7-13-18(16)19;7-6(8,9)5-2-1-3-10-4-5;2*1-4(6)3-5(2)7;;/h6-9,11-16,18-21,23H,3-5,10,22H2,1-2H3;1-13,15H;1-10,12-13H;1-4H;3-4,6-7H,1-2H3;3,6H,1-2H3;;/q3*-1;;;;;. The van der Waals surface area contributed by atoms with Gasteiger partial charge in [-0.3, -0.25) is 14.8 Å². The molecule has 0 saturated carbocycles. The van der Waals surface area contributed by atoms with Crippen molar-refractivity contribution in [2.45, 2.75) is 92.2 Å². The second-order valence-corrected chi connectivity index (χ2v) is 25.0. The Hall–Kier alpha value is -10.6. The van der Waals surface area contributed by atoms with Crippen LogP contribution in [0, 0.1) is 24.1 Å². The smallest absolute Gasteiger partial charge is 0.417 e. The number of pyridine rings is 3. The number of hydrogen-bond acceptors (Lipinski definition) is 7. The van der Waals surface area contributed by atoms with Gasteiger partial charge in [-0.2, -0.15) is 26.3 Å². The third-order valence-electron chi connectivity index (χ3n) is 17.2. The molecule has 9 aromatic carbocycles. The number of aliphatic hydroxyl groups excluding tert-OH is 3. The number of fused-ring (bicyclic) bond motifs is 9. The minimum Gasteiger partial charge on any atom is -0.513 e. The number of carbonyl (C=O) groups is 1. The van der Waals surface area contributed by atoms with Crippen LogP contribution in [0.2, 0.25) is 0 Å². The van der Waals surface area contributed by atoms with Gasteiger partial charge in [-0.05, 0) is 130 Å². The molecule has 10 nitrogen and oxygen atoms in total. The van der Waals surface area contributed by atoms with Crippen LogP contribution in [0.1, 0.15) is 78.4 Å². The Labute approximate surface area is 645 Å². The summed E-state index contributed by atoms with van der Waals surface area (Å²) in [4.78, 5) is 21.8. The van der Waals surface area contributed by atoms with Crippen molar-refractivity contribution in [3.8, 4) is 45.0 Å². The van der Waals surface area contributed by atoms with Crippen LogP contribution in [-0.2, 0) is 63.9 Å². The predicted molar refractivity (Wildman–Crippen MR) is 412 cm³/mol. The molecule has 0 aliphatic carbocycles. The van der Waals surface area contributed by atoms with Crippen LogP contribution in [0.4, 0.5) is 26.3 Å². The minimum atomic E-state index is -4.40. The third-order valence-corrected chi connectivity index (χ3v) is 17.2. The maximum Gasteiger partial charge on any atom is 0.417 e. The number of rotatable bonds is 13. The zero-order chi connectivity index (χ0) is 74.6. The second-order valence-electron chi connectivity index (χ2n) is 25.0. The number of nitrogens with zero attached hydrogens (tertiary/aromatic N) is 6. The van der Waals surface area contributed by atoms with Gasteiger partial charge in [-0.25, -0.2) is 0 Å². The number of halogens is 6. The number of carbonyl (C=O) groups excluding carboxylic acids is 1. The summed E-state index contributed by atoms with van der Waals surface area (Å²) < 4.78 is 80.7.